The van der Waals surface area contributed by atoms with Crippen molar-refractivity contribution < 1.29 is 14.3 Å². The van der Waals surface area contributed by atoms with Gasteiger partial charge in [-0.2, -0.15) is 0 Å². The molecule has 1 aliphatic rings. The molecule has 0 aliphatic heterocycles. The van der Waals surface area contributed by atoms with Crippen LogP contribution in [0.25, 0.3) is 0 Å². The number of rotatable bonds is 4. The van der Waals surface area contributed by atoms with Gasteiger partial charge in [-0.1, -0.05) is 13.3 Å². The van der Waals surface area contributed by atoms with Crippen molar-refractivity contribution in [2.24, 2.45) is 11.3 Å². The van der Waals surface area contributed by atoms with Gasteiger partial charge in [0.2, 0.25) is 0 Å². The van der Waals surface area contributed by atoms with Crippen molar-refractivity contribution in [1.82, 2.24) is 0 Å². The Labute approximate surface area is 78.5 Å². The summed E-state index contributed by atoms with van der Waals surface area (Å²) < 4.78 is 4.90. The van der Waals surface area contributed by atoms with E-state index in [1.54, 1.807) is 6.92 Å². The van der Waals surface area contributed by atoms with Crippen LogP contribution in [0.3, 0.4) is 0 Å². The fourth-order valence-corrected chi connectivity index (χ4v) is 1.91. The molecule has 1 saturated carbocycles. The lowest BCUT2D eigenvalue weighted by Gasteiger charge is -2.11. The van der Waals surface area contributed by atoms with E-state index in [1.165, 1.54) is 6.92 Å². The van der Waals surface area contributed by atoms with Crippen LogP contribution in [0.1, 0.15) is 33.6 Å². The van der Waals surface area contributed by atoms with E-state index in [9.17, 15) is 9.59 Å². The Kier molecular flexibility index (Phi) is 2.74. The molecule has 0 N–H and O–H groups in total. The summed E-state index contributed by atoms with van der Waals surface area (Å²) in [7, 11) is 0. The van der Waals surface area contributed by atoms with Gasteiger partial charge < -0.3 is 4.74 Å². The van der Waals surface area contributed by atoms with Crippen LogP contribution in [0.4, 0.5) is 0 Å². The maximum atomic E-state index is 11.5. The molecule has 0 aromatic rings. The van der Waals surface area contributed by atoms with Crippen molar-refractivity contribution in [3.8, 4) is 0 Å². The number of hydrogen-bond donors (Lipinski definition) is 0. The van der Waals surface area contributed by atoms with Crippen LogP contribution >= 0.6 is 0 Å². The van der Waals surface area contributed by atoms with E-state index in [0.29, 0.717) is 13.0 Å². The normalized spacial score (nSPS) is 31.2. The van der Waals surface area contributed by atoms with Crippen molar-refractivity contribution in [3.63, 3.8) is 0 Å². The van der Waals surface area contributed by atoms with E-state index in [0.717, 1.165) is 6.42 Å². The summed E-state index contributed by atoms with van der Waals surface area (Å²) in [6.45, 7) is 5.58. The zero-order valence-corrected chi connectivity index (χ0v) is 8.42. The smallest absolute Gasteiger partial charge is 0.319 e. The lowest BCUT2D eigenvalue weighted by Crippen LogP contribution is -2.28. The summed E-state index contributed by atoms with van der Waals surface area (Å²) in [5.41, 5.74) is -0.773. The van der Waals surface area contributed by atoms with Crippen molar-refractivity contribution in [3.05, 3.63) is 0 Å². The predicted octanol–water partition coefficient (Wildman–Crippen LogP) is 1.55. The number of esters is 1. The molecule has 2 atom stereocenters. The SMILES string of the molecule is CCOC(=O)[C@@]1(C(C)=O)C[C@H]1CC. The molecule has 3 nitrogen and oxygen atoms in total. The second kappa shape index (κ2) is 3.48. The summed E-state index contributed by atoms with van der Waals surface area (Å²) in [5, 5.41) is 0. The first-order valence-corrected chi connectivity index (χ1v) is 4.77. The van der Waals surface area contributed by atoms with Crippen LogP contribution in [0.2, 0.25) is 0 Å². The second-order valence-electron chi connectivity index (χ2n) is 3.56. The fourth-order valence-electron chi connectivity index (χ4n) is 1.91. The van der Waals surface area contributed by atoms with E-state index in [-0.39, 0.29) is 17.7 Å². The van der Waals surface area contributed by atoms with Gasteiger partial charge in [0.1, 0.15) is 11.2 Å². The molecule has 0 aromatic carbocycles. The average Bonchev–Trinajstić information content (AvgIpc) is 2.79. The molecule has 3 heteroatoms. The van der Waals surface area contributed by atoms with E-state index < -0.39 is 5.41 Å². The third kappa shape index (κ3) is 1.47. The quantitative estimate of drug-likeness (QED) is 0.492. The van der Waals surface area contributed by atoms with Crippen molar-refractivity contribution in [2.45, 2.75) is 33.6 Å². The molecule has 0 unspecified atom stereocenters. The van der Waals surface area contributed by atoms with Crippen LogP contribution in [-0.4, -0.2) is 18.4 Å². The van der Waals surface area contributed by atoms with E-state index in [2.05, 4.69) is 0 Å². The Morgan fingerprint density at radius 3 is 2.38 bits per heavy atom. The standard InChI is InChI=1S/C10H16O3/c1-4-8-6-10(8,7(3)11)9(12)13-5-2/h8H,4-6H2,1-3H3/t8-,10-/m1/s1. The maximum absolute atomic E-state index is 11.5. The Morgan fingerprint density at radius 2 is 2.08 bits per heavy atom. The molecule has 74 valence electrons. The first kappa shape index (κ1) is 10.2. The first-order valence-electron chi connectivity index (χ1n) is 4.77. The van der Waals surface area contributed by atoms with Gasteiger partial charge in [-0.25, -0.2) is 0 Å². The van der Waals surface area contributed by atoms with Gasteiger partial charge in [-0.3, -0.25) is 9.59 Å². The monoisotopic (exact) mass is 184 g/mol. The van der Waals surface area contributed by atoms with Crippen LogP contribution in [0.15, 0.2) is 0 Å². The highest BCUT2D eigenvalue weighted by molar-refractivity contribution is 6.06. The summed E-state index contributed by atoms with van der Waals surface area (Å²) in [5.74, 6) is -0.156. The highest BCUT2D eigenvalue weighted by Gasteiger charge is 2.63. The molecule has 13 heavy (non-hydrogen) atoms. The highest BCUT2D eigenvalue weighted by atomic mass is 16.5. The molecule has 0 bridgehead atoms. The Hall–Kier alpha value is -0.860. The number of carbonyl (C=O) groups excluding carboxylic acids is 2. The number of hydrogen-bond acceptors (Lipinski definition) is 3. The molecule has 1 aliphatic carbocycles. The summed E-state index contributed by atoms with van der Waals surface area (Å²) in [4.78, 5) is 22.8. The van der Waals surface area contributed by atoms with Gasteiger partial charge in [-0.15, -0.1) is 0 Å². The fraction of sp³-hybridized carbons (Fsp3) is 0.800. The minimum absolute atomic E-state index is 0.0437. The van der Waals surface area contributed by atoms with Gasteiger partial charge in [0.15, 0.2) is 0 Å². The van der Waals surface area contributed by atoms with Crippen molar-refractivity contribution in [1.29, 1.82) is 0 Å². The largest absolute Gasteiger partial charge is 0.465 e. The minimum atomic E-state index is -0.773. The van der Waals surface area contributed by atoms with Crippen LogP contribution in [0.5, 0.6) is 0 Å². The maximum Gasteiger partial charge on any atom is 0.319 e. The van der Waals surface area contributed by atoms with E-state index in [1.807, 2.05) is 6.92 Å². The van der Waals surface area contributed by atoms with E-state index >= 15 is 0 Å². The van der Waals surface area contributed by atoms with Gasteiger partial charge in [0.25, 0.3) is 0 Å². The van der Waals surface area contributed by atoms with Crippen LogP contribution in [0, 0.1) is 11.3 Å². The Bertz CT molecular complexity index is 234. The third-order valence-electron chi connectivity index (χ3n) is 2.87. The average molecular weight is 184 g/mol. The summed E-state index contributed by atoms with van der Waals surface area (Å²) in [6, 6.07) is 0. The molecule has 1 rings (SSSR count). The Morgan fingerprint density at radius 1 is 1.46 bits per heavy atom. The first-order chi connectivity index (χ1) is 6.09. The van der Waals surface area contributed by atoms with Gasteiger partial charge in [0, 0.05) is 0 Å². The van der Waals surface area contributed by atoms with Crippen molar-refractivity contribution in [2.75, 3.05) is 6.61 Å². The molecular weight excluding hydrogens is 168 g/mol. The van der Waals surface area contributed by atoms with Crippen molar-refractivity contribution >= 4 is 11.8 Å². The predicted molar refractivity (Wildman–Crippen MR) is 48.1 cm³/mol. The third-order valence-corrected chi connectivity index (χ3v) is 2.87. The molecule has 0 radical (unpaired) electrons. The molecule has 0 saturated heterocycles. The van der Waals surface area contributed by atoms with Gasteiger partial charge in [0.05, 0.1) is 6.61 Å². The van der Waals surface area contributed by atoms with Crippen LogP contribution in [-0.2, 0) is 14.3 Å². The zero-order valence-electron chi connectivity index (χ0n) is 8.42. The zero-order chi connectivity index (χ0) is 10.1. The molecule has 0 spiro atoms. The highest BCUT2D eigenvalue weighted by Crippen LogP contribution is 2.55. The molecule has 0 heterocycles. The summed E-state index contributed by atoms with van der Waals surface area (Å²) in [6.07, 6.45) is 1.55. The molecular formula is C10H16O3. The summed E-state index contributed by atoms with van der Waals surface area (Å²) >= 11 is 0. The number of carbonyl (C=O) groups is 2. The molecule has 0 aromatic heterocycles. The van der Waals surface area contributed by atoms with Gasteiger partial charge >= 0.3 is 5.97 Å². The minimum Gasteiger partial charge on any atom is -0.465 e. The lowest BCUT2D eigenvalue weighted by atomic mass is 9.98. The van der Waals surface area contributed by atoms with E-state index in [4.69, 9.17) is 4.74 Å². The van der Waals surface area contributed by atoms with Crippen LogP contribution < -0.4 is 0 Å². The molecule has 0 amide bonds. The second-order valence-corrected chi connectivity index (χ2v) is 3.56. The van der Waals surface area contributed by atoms with Gasteiger partial charge in [-0.05, 0) is 26.2 Å². The lowest BCUT2D eigenvalue weighted by molar-refractivity contribution is -0.153. The molecule has 1 fully saturated rings. The Balaban J connectivity index is 2.72. The number of ketones is 1. The number of ether oxygens (including phenoxy) is 1. The topological polar surface area (TPSA) is 43.4 Å². The number of Topliss-reactive ketones (excluding diaryl/α,β-unsaturated/α-hetero) is 1.